The summed E-state index contributed by atoms with van der Waals surface area (Å²) in [7, 11) is 0. The van der Waals surface area contributed by atoms with E-state index >= 15 is 0 Å². The molecule has 1 atom stereocenters. The number of benzene rings is 2. The molecule has 0 aromatic heterocycles. The Balaban J connectivity index is 1.61. The molecule has 2 aromatic rings. The monoisotopic (exact) mass is 430 g/mol. The normalized spacial score (nSPS) is 17.2. The predicted molar refractivity (Wildman–Crippen MR) is 120 cm³/mol. The second-order valence-electron chi connectivity index (χ2n) is 7.46. The molecule has 1 aliphatic heterocycles. The fraction of sp³-hybridized carbons (Fsp3) is 0.520. The molecule has 0 N–H and O–H groups in total. The fourth-order valence-corrected chi connectivity index (χ4v) is 3.40. The molecule has 2 aromatic carbocycles. The van der Waals surface area contributed by atoms with Crippen LogP contribution in [0.1, 0.15) is 38.2 Å². The molecular weight excluding hydrogens is 396 g/mol. The van der Waals surface area contributed by atoms with Crippen LogP contribution in [-0.2, 0) is 9.47 Å². The molecule has 0 saturated carbocycles. The second-order valence-corrected chi connectivity index (χ2v) is 7.46. The zero-order valence-corrected chi connectivity index (χ0v) is 18.6. The van der Waals surface area contributed by atoms with Gasteiger partial charge in [0.25, 0.3) is 0 Å². The predicted octanol–water partition coefficient (Wildman–Crippen LogP) is 4.85. The Morgan fingerprint density at radius 2 is 1.13 bits per heavy atom. The van der Waals surface area contributed by atoms with E-state index in [0.717, 1.165) is 24.3 Å². The number of fused-ring (bicyclic) bond motifs is 2. The van der Waals surface area contributed by atoms with Crippen molar-refractivity contribution in [1.82, 2.24) is 0 Å². The minimum atomic E-state index is 0.440. The quantitative estimate of drug-likeness (QED) is 0.694. The maximum Gasteiger partial charge on any atom is 0.161 e. The summed E-state index contributed by atoms with van der Waals surface area (Å²) in [5, 5.41) is 0. The lowest BCUT2D eigenvalue weighted by atomic mass is 9.96. The number of para-hydroxylation sites is 2. The molecule has 0 saturated heterocycles. The lowest BCUT2D eigenvalue weighted by molar-refractivity contribution is 0.0640. The minimum absolute atomic E-state index is 0.440. The Hall–Kier alpha value is -2.44. The van der Waals surface area contributed by atoms with Crippen molar-refractivity contribution in [2.24, 2.45) is 0 Å². The summed E-state index contributed by atoms with van der Waals surface area (Å²) in [4.78, 5) is 0. The third kappa shape index (κ3) is 7.64. The van der Waals surface area contributed by atoms with Gasteiger partial charge in [-0.3, -0.25) is 0 Å². The highest BCUT2D eigenvalue weighted by Gasteiger charge is 2.12. The van der Waals surface area contributed by atoms with Crippen molar-refractivity contribution in [2.75, 3.05) is 52.9 Å². The highest BCUT2D eigenvalue weighted by Crippen LogP contribution is 2.32. The van der Waals surface area contributed by atoms with E-state index in [1.54, 1.807) is 0 Å². The molecule has 3 rings (SSSR count). The van der Waals surface area contributed by atoms with Crippen LogP contribution in [0.2, 0.25) is 0 Å². The molecule has 6 nitrogen and oxygen atoms in total. The van der Waals surface area contributed by atoms with E-state index in [9.17, 15) is 0 Å². The lowest BCUT2D eigenvalue weighted by Gasteiger charge is -2.17. The molecule has 1 aliphatic rings. The molecule has 0 bridgehead atoms. The zero-order valence-electron chi connectivity index (χ0n) is 18.6. The molecular formula is C25H34O6. The lowest BCUT2D eigenvalue weighted by Crippen LogP contribution is -2.15. The van der Waals surface area contributed by atoms with E-state index in [4.69, 9.17) is 28.4 Å². The number of hydrogen-bond acceptors (Lipinski definition) is 6. The first-order valence-electron chi connectivity index (χ1n) is 11.2. The third-order valence-electron chi connectivity index (χ3n) is 5.05. The van der Waals surface area contributed by atoms with Crippen molar-refractivity contribution in [3.8, 4) is 23.0 Å². The van der Waals surface area contributed by atoms with Gasteiger partial charge in [0.05, 0.1) is 26.4 Å². The van der Waals surface area contributed by atoms with E-state index in [-0.39, 0.29) is 0 Å². The summed E-state index contributed by atoms with van der Waals surface area (Å²) in [5.74, 6) is 3.36. The fourth-order valence-electron chi connectivity index (χ4n) is 3.40. The van der Waals surface area contributed by atoms with Crippen molar-refractivity contribution < 1.29 is 28.4 Å². The molecule has 170 valence electrons. The first-order chi connectivity index (χ1) is 15.3. The Morgan fingerprint density at radius 1 is 0.645 bits per heavy atom. The van der Waals surface area contributed by atoms with E-state index in [1.165, 1.54) is 5.56 Å². The minimum Gasteiger partial charge on any atom is -0.487 e. The number of hydrogen-bond donors (Lipinski definition) is 0. The Kier molecular flexibility index (Phi) is 9.80. The first kappa shape index (κ1) is 23.2. The third-order valence-corrected chi connectivity index (χ3v) is 5.05. The standard InChI is InChI=1S/C25H34O6/c1-3-6-20(2)21-9-10-24-25(19-21)31-18-14-27-12-16-29-23-8-5-4-7-22(23)28-15-11-26-13-17-30-24/h4-5,7-10,19-20H,3,6,11-18H2,1-2H3/t20-/m1/s1. The van der Waals surface area contributed by atoms with Crippen LogP contribution in [0.5, 0.6) is 23.0 Å². The van der Waals surface area contributed by atoms with E-state index < -0.39 is 0 Å². The summed E-state index contributed by atoms with van der Waals surface area (Å²) in [6.45, 7) is 8.09. The van der Waals surface area contributed by atoms with Gasteiger partial charge in [-0.15, -0.1) is 0 Å². The first-order valence-corrected chi connectivity index (χ1v) is 11.2. The van der Waals surface area contributed by atoms with Gasteiger partial charge in [0, 0.05) is 0 Å². The zero-order chi connectivity index (χ0) is 21.7. The van der Waals surface area contributed by atoms with Gasteiger partial charge in [0.1, 0.15) is 26.4 Å². The summed E-state index contributed by atoms with van der Waals surface area (Å²) >= 11 is 0. The summed E-state index contributed by atoms with van der Waals surface area (Å²) in [6.07, 6.45) is 2.29. The Labute approximate surface area is 185 Å². The van der Waals surface area contributed by atoms with E-state index in [0.29, 0.717) is 70.3 Å². The van der Waals surface area contributed by atoms with Crippen LogP contribution in [0.3, 0.4) is 0 Å². The van der Waals surface area contributed by atoms with E-state index in [2.05, 4.69) is 26.0 Å². The maximum atomic E-state index is 6.01. The van der Waals surface area contributed by atoms with Crippen molar-refractivity contribution in [3.05, 3.63) is 48.0 Å². The van der Waals surface area contributed by atoms with Gasteiger partial charge in [-0.1, -0.05) is 38.5 Å². The molecule has 0 unspecified atom stereocenters. The van der Waals surface area contributed by atoms with E-state index in [1.807, 2.05) is 30.3 Å². The number of ether oxygens (including phenoxy) is 6. The van der Waals surface area contributed by atoms with Crippen molar-refractivity contribution in [3.63, 3.8) is 0 Å². The maximum absolute atomic E-state index is 6.01. The second kappa shape index (κ2) is 13.1. The molecule has 0 radical (unpaired) electrons. The molecule has 0 spiro atoms. The van der Waals surface area contributed by atoms with Crippen LogP contribution in [0.25, 0.3) is 0 Å². The van der Waals surface area contributed by atoms with Gasteiger partial charge in [0.15, 0.2) is 23.0 Å². The molecule has 6 heteroatoms. The van der Waals surface area contributed by atoms with Gasteiger partial charge in [-0.25, -0.2) is 0 Å². The SMILES string of the molecule is CCC[C@@H](C)c1ccc2c(c1)OCCOCCOc1ccccc1OCCOCCO2. The van der Waals surface area contributed by atoms with Gasteiger partial charge >= 0.3 is 0 Å². The van der Waals surface area contributed by atoms with Gasteiger partial charge in [0.2, 0.25) is 0 Å². The average molecular weight is 431 g/mol. The molecule has 0 fully saturated rings. The highest BCUT2D eigenvalue weighted by atomic mass is 16.6. The van der Waals surface area contributed by atoms with Crippen molar-refractivity contribution >= 4 is 0 Å². The summed E-state index contributed by atoms with van der Waals surface area (Å²) in [6, 6.07) is 13.8. The van der Waals surface area contributed by atoms with Crippen LogP contribution < -0.4 is 18.9 Å². The van der Waals surface area contributed by atoms with Crippen LogP contribution in [0.15, 0.2) is 42.5 Å². The highest BCUT2D eigenvalue weighted by molar-refractivity contribution is 5.44. The largest absolute Gasteiger partial charge is 0.487 e. The van der Waals surface area contributed by atoms with Gasteiger partial charge in [-0.05, 0) is 42.2 Å². The Bertz CT molecular complexity index is 778. The smallest absolute Gasteiger partial charge is 0.161 e. The molecule has 0 amide bonds. The molecule has 31 heavy (non-hydrogen) atoms. The van der Waals surface area contributed by atoms with Crippen molar-refractivity contribution in [1.29, 1.82) is 0 Å². The van der Waals surface area contributed by atoms with Crippen LogP contribution in [0, 0.1) is 0 Å². The topological polar surface area (TPSA) is 55.4 Å². The van der Waals surface area contributed by atoms with Crippen LogP contribution in [-0.4, -0.2) is 52.9 Å². The molecule has 1 heterocycles. The van der Waals surface area contributed by atoms with Gasteiger partial charge < -0.3 is 28.4 Å². The summed E-state index contributed by atoms with van der Waals surface area (Å²) in [5.41, 5.74) is 1.26. The Morgan fingerprint density at radius 3 is 1.65 bits per heavy atom. The number of rotatable bonds is 3. The van der Waals surface area contributed by atoms with Crippen molar-refractivity contribution in [2.45, 2.75) is 32.6 Å². The van der Waals surface area contributed by atoms with Crippen LogP contribution in [0.4, 0.5) is 0 Å². The summed E-state index contributed by atoms with van der Waals surface area (Å²) < 4.78 is 34.9. The molecule has 0 aliphatic carbocycles. The van der Waals surface area contributed by atoms with Gasteiger partial charge in [-0.2, -0.15) is 0 Å². The average Bonchev–Trinajstić information content (AvgIpc) is 2.78. The van der Waals surface area contributed by atoms with Crippen LogP contribution >= 0.6 is 0 Å².